The largest absolute Gasteiger partial charge is 0.463 e. The number of ether oxygens (including phenoxy) is 4. The van der Waals surface area contributed by atoms with E-state index < -0.39 is 29.9 Å². The van der Waals surface area contributed by atoms with E-state index in [0.717, 1.165) is 18.4 Å². The quantitative estimate of drug-likeness (QED) is 0.365. The van der Waals surface area contributed by atoms with E-state index in [1.165, 1.54) is 0 Å². The molecule has 0 radical (unpaired) electrons. The Morgan fingerprint density at radius 3 is 2.32 bits per heavy atom. The highest BCUT2D eigenvalue weighted by Crippen LogP contribution is 2.31. The number of hydrogen-bond acceptors (Lipinski definition) is 7. The standard InChI is InChI=1S/C24H30O7/c1-3-28-22(26)24(23(27)29-4-2,15-18-8-6-5-7-9-18)30-16-20-19(14-21(25)31-20)13-12-17-10-11-17/h5-9,17,19-21,25H,3-4,10-11,14-16H2,1-2H3. The number of carbonyl (C=O) groups is 2. The van der Waals surface area contributed by atoms with E-state index >= 15 is 0 Å². The van der Waals surface area contributed by atoms with Crippen LogP contribution in [0.2, 0.25) is 0 Å². The van der Waals surface area contributed by atoms with E-state index in [9.17, 15) is 14.7 Å². The third kappa shape index (κ3) is 6.07. The number of hydrogen-bond donors (Lipinski definition) is 1. The summed E-state index contributed by atoms with van der Waals surface area (Å²) in [6.45, 7) is 3.40. The first-order valence-electron chi connectivity index (χ1n) is 10.9. The van der Waals surface area contributed by atoms with Crippen molar-refractivity contribution in [1.29, 1.82) is 0 Å². The molecule has 1 saturated carbocycles. The molecule has 1 aromatic carbocycles. The predicted molar refractivity (Wildman–Crippen MR) is 112 cm³/mol. The number of aliphatic hydroxyl groups is 1. The van der Waals surface area contributed by atoms with Crippen LogP contribution in [0.5, 0.6) is 0 Å². The molecule has 1 heterocycles. The highest BCUT2D eigenvalue weighted by molar-refractivity contribution is 6.04. The maximum atomic E-state index is 13.0. The first-order chi connectivity index (χ1) is 15.0. The lowest BCUT2D eigenvalue weighted by Gasteiger charge is -2.30. The van der Waals surface area contributed by atoms with E-state index in [4.69, 9.17) is 18.9 Å². The first-order valence-corrected chi connectivity index (χ1v) is 10.9. The van der Waals surface area contributed by atoms with Gasteiger partial charge in [-0.15, -0.1) is 0 Å². The molecule has 1 N–H and O–H groups in total. The Morgan fingerprint density at radius 1 is 1.10 bits per heavy atom. The van der Waals surface area contributed by atoms with E-state index in [2.05, 4.69) is 11.8 Å². The molecule has 0 aromatic heterocycles. The van der Waals surface area contributed by atoms with Crippen molar-refractivity contribution in [3.05, 3.63) is 35.9 Å². The van der Waals surface area contributed by atoms with Crippen LogP contribution < -0.4 is 0 Å². The summed E-state index contributed by atoms with van der Waals surface area (Å²) in [5.41, 5.74) is -1.25. The van der Waals surface area contributed by atoms with E-state index in [1.807, 2.05) is 18.2 Å². The highest BCUT2D eigenvalue weighted by atomic mass is 16.6. The van der Waals surface area contributed by atoms with Gasteiger partial charge in [-0.2, -0.15) is 0 Å². The van der Waals surface area contributed by atoms with E-state index in [0.29, 0.717) is 12.3 Å². The molecule has 0 bridgehead atoms. The number of benzene rings is 1. The highest BCUT2D eigenvalue weighted by Gasteiger charge is 2.52. The van der Waals surface area contributed by atoms with Gasteiger partial charge in [-0.05, 0) is 32.3 Å². The summed E-state index contributed by atoms with van der Waals surface area (Å²) >= 11 is 0. The Bertz CT molecular complexity index is 788. The third-order valence-corrected chi connectivity index (χ3v) is 5.29. The Kier molecular flexibility index (Phi) is 8.08. The number of carbonyl (C=O) groups excluding carboxylic acids is 2. The van der Waals surface area contributed by atoms with Gasteiger partial charge in [0.2, 0.25) is 0 Å². The summed E-state index contributed by atoms with van der Waals surface area (Å²) < 4.78 is 22.0. The topological polar surface area (TPSA) is 91.3 Å². The maximum Gasteiger partial charge on any atom is 0.350 e. The van der Waals surface area contributed by atoms with Crippen molar-refractivity contribution in [2.75, 3.05) is 19.8 Å². The average Bonchev–Trinajstić information content (AvgIpc) is 3.52. The fraction of sp³-hybridized carbons (Fsp3) is 0.583. The van der Waals surface area contributed by atoms with Gasteiger partial charge in [-0.1, -0.05) is 42.2 Å². The van der Waals surface area contributed by atoms with Crippen molar-refractivity contribution in [2.24, 2.45) is 11.8 Å². The summed E-state index contributed by atoms with van der Waals surface area (Å²) in [6, 6.07) is 9.08. The molecule has 0 spiro atoms. The normalized spacial score (nSPS) is 23.0. The van der Waals surface area contributed by atoms with Crippen LogP contribution in [-0.2, 0) is 35.0 Å². The van der Waals surface area contributed by atoms with Crippen molar-refractivity contribution in [1.82, 2.24) is 0 Å². The minimum atomic E-state index is -1.97. The van der Waals surface area contributed by atoms with Crippen molar-refractivity contribution < 1.29 is 33.6 Å². The van der Waals surface area contributed by atoms with Gasteiger partial charge in [-0.3, -0.25) is 0 Å². The lowest BCUT2D eigenvalue weighted by atomic mass is 9.93. The summed E-state index contributed by atoms with van der Waals surface area (Å²) in [6.07, 6.45) is 0.977. The molecule has 1 aliphatic heterocycles. The van der Waals surface area contributed by atoms with Crippen LogP contribution in [0.4, 0.5) is 0 Å². The monoisotopic (exact) mass is 430 g/mol. The summed E-state index contributed by atoms with van der Waals surface area (Å²) in [5, 5.41) is 9.97. The molecule has 1 aliphatic carbocycles. The summed E-state index contributed by atoms with van der Waals surface area (Å²) in [5.74, 6) is 4.92. The van der Waals surface area contributed by atoms with Crippen LogP contribution in [0.1, 0.15) is 38.7 Å². The summed E-state index contributed by atoms with van der Waals surface area (Å²) in [7, 11) is 0. The number of aliphatic hydroxyl groups excluding tert-OH is 1. The summed E-state index contributed by atoms with van der Waals surface area (Å²) in [4.78, 5) is 26.0. The van der Waals surface area contributed by atoms with Gasteiger partial charge in [-0.25, -0.2) is 9.59 Å². The Morgan fingerprint density at radius 2 is 1.74 bits per heavy atom. The third-order valence-electron chi connectivity index (χ3n) is 5.29. The fourth-order valence-corrected chi connectivity index (χ4v) is 3.48. The van der Waals surface area contributed by atoms with Gasteiger partial charge < -0.3 is 24.1 Å². The minimum absolute atomic E-state index is 0.0425. The molecule has 0 amide bonds. The van der Waals surface area contributed by atoms with Crippen LogP contribution in [-0.4, -0.2) is 54.9 Å². The van der Waals surface area contributed by atoms with Crippen molar-refractivity contribution in [3.63, 3.8) is 0 Å². The zero-order chi connectivity index (χ0) is 22.3. The van der Waals surface area contributed by atoms with Crippen LogP contribution in [0, 0.1) is 23.7 Å². The Labute approximate surface area is 183 Å². The van der Waals surface area contributed by atoms with Gasteiger partial charge in [0, 0.05) is 18.8 Å². The molecule has 168 valence electrons. The maximum absolute atomic E-state index is 13.0. The molecule has 3 rings (SSSR count). The van der Waals surface area contributed by atoms with Crippen molar-refractivity contribution in [2.45, 2.75) is 57.5 Å². The second-order valence-electron chi connectivity index (χ2n) is 7.78. The van der Waals surface area contributed by atoms with Crippen molar-refractivity contribution >= 4 is 11.9 Å². The Hall–Kier alpha value is -2.40. The molecule has 7 nitrogen and oxygen atoms in total. The zero-order valence-corrected chi connectivity index (χ0v) is 18.0. The van der Waals surface area contributed by atoms with Gasteiger partial charge in [0.1, 0.15) is 0 Å². The van der Waals surface area contributed by atoms with Gasteiger partial charge >= 0.3 is 11.9 Å². The number of esters is 2. The molecule has 3 unspecified atom stereocenters. The van der Waals surface area contributed by atoms with E-state index in [1.54, 1.807) is 26.0 Å². The van der Waals surface area contributed by atoms with Gasteiger partial charge in [0.05, 0.1) is 31.8 Å². The van der Waals surface area contributed by atoms with Crippen LogP contribution in [0.3, 0.4) is 0 Å². The molecule has 31 heavy (non-hydrogen) atoms. The van der Waals surface area contributed by atoms with Crippen LogP contribution in [0.15, 0.2) is 30.3 Å². The van der Waals surface area contributed by atoms with Gasteiger partial charge in [0.25, 0.3) is 5.60 Å². The molecule has 2 fully saturated rings. The van der Waals surface area contributed by atoms with Crippen LogP contribution in [0.25, 0.3) is 0 Å². The van der Waals surface area contributed by atoms with Gasteiger partial charge in [0.15, 0.2) is 6.29 Å². The number of rotatable bonds is 9. The molecular weight excluding hydrogens is 400 g/mol. The molecule has 3 atom stereocenters. The van der Waals surface area contributed by atoms with Crippen molar-refractivity contribution in [3.8, 4) is 11.8 Å². The smallest absolute Gasteiger partial charge is 0.350 e. The second kappa shape index (κ2) is 10.8. The molecular formula is C24H30O7. The SMILES string of the molecule is CCOC(=O)C(Cc1ccccc1)(OCC1OC(O)CC1C#CC1CC1)C(=O)OCC. The Balaban J connectivity index is 1.84. The molecule has 2 aliphatic rings. The lowest BCUT2D eigenvalue weighted by Crippen LogP contribution is -2.54. The minimum Gasteiger partial charge on any atom is -0.463 e. The lowest BCUT2D eigenvalue weighted by molar-refractivity contribution is -0.197. The average molecular weight is 430 g/mol. The first kappa shape index (κ1) is 23.3. The predicted octanol–water partition coefficient (Wildman–Crippen LogP) is 2.25. The van der Waals surface area contributed by atoms with Crippen LogP contribution >= 0.6 is 0 Å². The second-order valence-corrected chi connectivity index (χ2v) is 7.78. The molecule has 7 heteroatoms. The molecule has 1 saturated heterocycles. The van der Waals surface area contributed by atoms with E-state index in [-0.39, 0.29) is 32.2 Å². The molecule has 1 aromatic rings. The fourth-order valence-electron chi connectivity index (χ4n) is 3.48. The zero-order valence-electron chi connectivity index (χ0n) is 18.0.